The first kappa shape index (κ1) is 19.2. The van der Waals surface area contributed by atoms with E-state index in [4.69, 9.17) is 0 Å². The molecule has 0 fully saturated rings. The summed E-state index contributed by atoms with van der Waals surface area (Å²) in [6.45, 7) is 3.50. The largest absolute Gasteiger partial charge is 0.417 e. The molecule has 0 saturated carbocycles. The highest BCUT2D eigenvalue weighted by Crippen LogP contribution is 2.35. The van der Waals surface area contributed by atoms with E-state index < -0.39 is 26.7 Å². The molecule has 0 bridgehead atoms. The van der Waals surface area contributed by atoms with E-state index in [1.165, 1.54) is 18.2 Å². The zero-order valence-electron chi connectivity index (χ0n) is 13.4. The Morgan fingerprint density at radius 3 is 2.20 bits per heavy atom. The molecule has 0 spiro atoms. The van der Waals surface area contributed by atoms with E-state index >= 15 is 0 Å². The molecule has 25 heavy (non-hydrogen) atoms. The van der Waals surface area contributed by atoms with Crippen LogP contribution in [0.3, 0.4) is 0 Å². The van der Waals surface area contributed by atoms with Gasteiger partial charge in [-0.25, -0.2) is 8.42 Å². The minimum absolute atomic E-state index is 0.0601. The van der Waals surface area contributed by atoms with Crippen molar-refractivity contribution in [2.24, 2.45) is 0 Å². The number of benzene rings is 2. The summed E-state index contributed by atoms with van der Waals surface area (Å²) in [6.07, 6.45) is -3.00. The van der Waals surface area contributed by atoms with Crippen LogP contribution in [0.2, 0.25) is 0 Å². The first-order chi connectivity index (χ1) is 11.8. The van der Waals surface area contributed by atoms with Crippen LogP contribution in [0.15, 0.2) is 72.1 Å². The predicted octanol–water partition coefficient (Wildman–Crippen LogP) is 4.12. The molecular weight excluding hydrogens is 351 g/mol. The summed E-state index contributed by atoms with van der Waals surface area (Å²) in [5.41, 5.74) is -0.264. The van der Waals surface area contributed by atoms with Gasteiger partial charge in [0.05, 0.1) is 10.5 Å². The number of sulfonamides is 1. The Bertz CT molecular complexity index is 818. The quantitative estimate of drug-likeness (QED) is 0.689. The molecule has 0 radical (unpaired) electrons. The monoisotopic (exact) mass is 369 g/mol. The maximum Gasteiger partial charge on any atom is 0.417 e. The molecule has 0 unspecified atom stereocenters. The van der Waals surface area contributed by atoms with Crippen LogP contribution in [-0.4, -0.2) is 25.8 Å². The van der Waals surface area contributed by atoms with Crippen molar-refractivity contribution in [2.75, 3.05) is 13.1 Å². The topological polar surface area (TPSA) is 37.4 Å². The van der Waals surface area contributed by atoms with Gasteiger partial charge in [-0.3, -0.25) is 0 Å². The van der Waals surface area contributed by atoms with Gasteiger partial charge in [0.2, 0.25) is 10.0 Å². The second-order valence-electron chi connectivity index (χ2n) is 5.38. The van der Waals surface area contributed by atoms with E-state index in [-0.39, 0.29) is 13.1 Å². The lowest BCUT2D eigenvalue weighted by Crippen LogP contribution is -2.34. The second kappa shape index (κ2) is 7.84. The molecule has 134 valence electrons. The molecular formula is C18H18F3NO2S. The first-order valence-electron chi connectivity index (χ1n) is 7.58. The van der Waals surface area contributed by atoms with Crippen LogP contribution >= 0.6 is 0 Å². The lowest BCUT2D eigenvalue weighted by molar-refractivity contribution is -0.139. The van der Waals surface area contributed by atoms with Crippen molar-refractivity contribution >= 4 is 10.0 Å². The maximum atomic E-state index is 13.2. The van der Waals surface area contributed by atoms with Crippen LogP contribution < -0.4 is 0 Å². The minimum Gasteiger partial charge on any atom is -0.207 e. The van der Waals surface area contributed by atoms with Gasteiger partial charge in [0.25, 0.3) is 0 Å². The Balaban J connectivity index is 2.35. The highest BCUT2D eigenvalue weighted by atomic mass is 32.2. The van der Waals surface area contributed by atoms with Crippen LogP contribution in [0, 0.1) is 0 Å². The van der Waals surface area contributed by atoms with E-state index in [2.05, 4.69) is 6.58 Å². The van der Waals surface area contributed by atoms with Gasteiger partial charge in [-0.2, -0.15) is 17.5 Å². The molecule has 0 aliphatic heterocycles. The Morgan fingerprint density at radius 2 is 1.60 bits per heavy atom. The van der Waals surface area contributed by atoms with Crippen molar-refractivity contribution in [3.63, 3.8) is 0 Å². The molecule has 2 aromatic rings. The van der Waals surface area contributed by atoms with Crippen molar-refractivity contribution in [1.82, 2.24) is 4.31 Å². The van der Waals surface area contributed by atoms with Crippen LogP contribution in [0.1, 0.15) is 11.1 Å². The van der Waals surface area contributed by atoms with Gasteiger partial charge in [-0.1, -0.05) is 48.5 Å². The Labute approximate surface area is 145 Å². The lowest BCUT2D eigenvalue weighted by atomic mass is 10.1. The zero-order chi connectivity index (χ0) is 18.5. The number of rotatable bonds is 7. The highest BCUT2D eigenvalue weighted by Gasteiger charge is 2.38. The van der Waals surface area contributed by atoms with Gasteiger partial charge in [0, 0.05) is 13.1 Å². The Kier molecular flexibility index (Phi) is 6.02. The van der Waals surface area contributed by atoms with Gasteiger partial charge < -0.3 is 0 Å². The van der Waals surface area contributed by atoms with E-state index in [1.54, 1.807) is 0 Å². The number of halogens is 3. The number of nitrogens with zero attached hydrogens (tertiary/aromatic N) is 1. The molecule has 2 rings (SSSR count). The summed E-state index contributed by atoms with van der Waals surface area (Å²) in [7, 11) is -4.31. The minimum atomic E-state index is -4.75. The number of hydrogen-bond acceptors (Lipinski definition) is 2. The van der Waals surface area contributed by atoms with E-state index in [0.717, 1.165) is 22.0 Å². The van der Waals surface area contributed by atoms with E-state index in [9.17, 15) is 21.6 Å². The van der Waals surface area contributed by atoms with Crippen LogP contribution in [0.5, 0.6) is 0 Å². The molecule has 0 aliphatic rings. The number of alkyl halides is 3. The van der Waals surface area contributed by atoms with Crippen molar-refractivity contribution in [3.8, 4) is 0 Å². The fourth-order valence-electron chi connectivity index (χ4n) is 2.42. The molecule has 3 nitrogen and oxygen atoms in total. The molecule has 0 aromatic heterocycles. The molecule has 0 N–H and O–H groups in total. The van der Waals surface area contributed by atoms with Crippen molar-refractivity contribution in [1.29, 1.82) is 0 Å². The summed E-state index contributed by atoms with van der Waals surface area (Å²) in [5, 5.41) is 0. The second-order valence-corrected chi connectivity index (χ2v) is 7.29. The smallest absolute Gasteiger partial charge is 0.207 e. The normalized spacial score (nSPS) is 12.3. The summed E-state index contributed by atoms with van der Waals surface area (Å²) < 4.78 is 66.1. The molecule has 0 heterocycles. The third-order valence-corrected chi connectivity index (χ3v) is 5.56. The van der Waals surface area contributed by atoms with Crippen LogP contribution in [0.4, 0.5) is 13.2 Å². The third-order valence-electron chi connectivity index (χ3n) is 3.64. The lowest BCUT2D eigenvalue weighted by Gasteiger charge is -2.23. The Hall–Kier alpha value is -2.12. The van der Waals surface area contributed by atoms with Crippen LogP contribution in [-0.2, 0) is 22.6 Å². The maximum absolute atomic E-state index is 13.2. The van der Waals surface area contributed by atoms with Gasteiger partial charge in [-0.15, -0.1) is 6.58 Å². The van der Waals surface area contributed by atoms with Gasteiger partial charge in [-0.05, 0) is 24.1 Å². The van der Waals surface area contributed by atoms with Gasteiger partial charge >= 0.3 is 6.18 Å². The first-order valence-corrected chi connectivity index (χ1v) is 9.02. The molecule has 0 aliphatic carbocycles. The van der Waals surface area contributed by atoms with Crippen molar-refractivity contribution in [3.05, 3.63) is 78.4 Å². The fraction of sp³-hybridized carbons (Fsp3) is 0.222. The molecule has 0 saturated heterocycles. The van der Waals surface area contributed by atoms with Crippen molar-refractivity contribution in [2.45, 2.75) is 17.5 Å². The Morgan fingerprint density at radius 1 is 1.00 bits per heavy atom. The van der Waals surface area contributed by atoms with E-state index in [0.29, 0.717) is 6.42 Å². The third kappa shape index (κ3) is 4.70. The molecule has 0 amide bonds. The number of hydrogen-bond donors (Lipinski definition) is 0. The van der Waals surface area contributed by atoms with Gasteiger partial charge in [0.15, 0.2) is 0 Å². The zero-order valence-corrected chi connectivity index (χ0v) is 14.2. The summed E-state index contributed by atoms with van der Waals surface area (Å²) >= 11 is 0. The molecule has 2 aromatic carbocycles. The average Bonchev–Trinajstić information content (AvgIpc) is 2.58. The SMILES string of the molecule is C=CCN(CCc1ccccc1)S(=O)(=O)c1ccccc1C(F)(F)F. The van der Waals surface area contributed by atoms with Gasteiger partial charge in [0.1, 0.15) is 0 Å². The fourth-order valence-corrected chi connectivity index (χ4v) is 4.04. The average molecular weight is 369 g/mol. The molecule has 7 heteroatoms. The van der Waals surface area contributed by atoms with E-state index in [1.807, 2.05) is 30.3 Å². The van der Waals surface area contributed by atoms with Crippen LogP contribution in [0.25, 0.3) is 0 Å². The highest BCUT2D eigenvalue weighted by molar-refractivity contribution is 7.89. The summed E-state index contributed by atoms with van der Waals surface area (Å²) in [5.74, 6) is 0. The standard InChI is InChI=1S/C18H18F3NO2S/c1-2-13-22(14-12-15-8-4-3-5-9-15)25(23,24)17-11-7-6-10-16(17)18(19,20)21/h2-11H,1,12-14H2. The summed E-state index contributed by atoms with van der Waals surface area (Å²) in [4.78, 5) is -0.739. The molecule has 0 atom stereocenters. The van der Waals surface area contributed by atoms with Crippen molar-refractivity contribution < 1.29 is 21.6 Å². The predicted molar refractivity (Wildman–Crippen MR) is 90.5 cm³/mol. The summed E-state index contributed by atoms with van der Waals surface area (Å²) in [6, 6.07) is 13.4.